The maximum atomic E-state index is 10.9. The van der Waals surface area contributed by atoms with Crippen LogP contribution in [-0.2, 0) is 9.53 Å². The van der Waals surface area contributed by atoms with E-state index in [1.54, 1.807) is 0 Å². The summed E-state index contributed by atoms with van der Waals surface area (Å²) in [6.45, 7) is 1.46. The van der Waals surface area contributed by atoms with E-state index in [-0.39, 0.29) is 11.5 Å². The van der Waals surface area contributed by atoms with Crippen LogP contribution in [0.1, 0.15) is 12.8 Å². The second kappa shape index (κ2) is 1.48. The monoisotopic (exact) mass is 127 g/mol. The number of epoxide rings is 1. The molecule has 0 saturated carbocycles. The lowest BCUT2D eigenvalue weighted by molar-refractivity contribution is -0.127. The molecule has 1 amide bonds. The number of carbonyl (C=O) groups excluding carboxylic acids is 1. The van der Waals surface area contributed by atoms with E-state index in [1.807, 2.05) is 0 Å². The molecule has 2 rings (SSSR count). The lowest BCUT2D eigenvalue weighted by Crippen LogP contribution is -2.42. The Hall–Kier alpha value is -0.570. The van der Waals surface area contributed by atoms with Gasteiger partial charge < -0.3 is 10.1 Å². The van der Waals surface area contributed by atoms with Crippen molar-refractivity contribution in [2.24, 2.45) is 0 Å². The molecule has 2 fully saturated rings. The van der Waals surface area contributed by atoms with Gasteiger partial charge in [-0.2, -0.15) is 0 Å². The van der Waals surface area contributed by atoms with E-state index in [0.29, 0.717) is 6.61 Å². The van der Waals surface area contributed by atoms with Crippen LogP contribution in [-0.4, -0.2) is 24.7 Å². The van der Waals surface area contributed by atoms with Gasteiger partial charge in [0.25, 0.3) is 5.91 Å². The number of rotatable bonds is 0. The molecule has 2 aliphatic rings. The van der Waals surface area contributed by atoms with Crippen LogP contribution in [0.25, 0.3) is 0 Å². The van der Waals surface area contributed by atoms with Crippen LogP contribution in [0.5, 0.6) is 0 Å². The minimum Gasteiger partial charge on any atom is -0.359 e. The van der Waals surface area contributed by atoms with Crippen LogP contribution in [0.3, 0.4) is 0 Å². The number of hydrogen-bond donors (Lipinski definition) is 1. The lowest BCUT2D eigenvalue weighted by Gasteiger charge is -2.17. The maximum Gasteiger partial charge on any atom is 0.254 e. The molecule has 0 aromatic carbocycles. The first kappa shape index (κ1) is 5.23. The Kier molecular flexibility index (Phi) is 0.858. The Morgan fingerprint density at radius 2 is 2.44 bits per heavy atom. The van der Waals surface area contributed by atoms with Crippen molar-refractivity contribution in [1.82, 2.24) is 5.32 Å². The third-order valence-electron chi connectivity index (χ3n) is 1.95. The summed E-state index contributed by atoms with van der Waals surface area (Å²) in [4.78, 5) is 10.9. The van der Waals surface area contributed by atoms with Gasteiger partial charge in [0, 0.05) is 6.54 Å². The number of carbonyl (C=O) groups is 1. The molecule has 50 valence electrons. The van der Waals surface area contributed by atoms with Gasteiger partial charge in [0.15, 0.2) is 5.60 Å². The molecular weight excluding hydrogens is 118 g/mol. The molecule has 0 aromatic rings. The maximum absolute atomic E-state index is 10.9. The number of amides is 1. The molecule has 2 heterocycles. The number of ether oxygens (including phenoxy) is 1. The first-order valence-electron chi connectivity index (χ1n) is 3.26. The van der Waals surface area contributed by atoms with E-state index in [0.717, 1.165) is 19.4 Å². The molecule has 3 heteroatoms. The summed E-state index contributed by atoms with van der Waals surface area (Å²) in [5.41, 5.74) is -0.363. The van der Waals surface area contributed by atoms with Gasteiger partial charge in [-0.25, -0.2) is 0 Å². The average molecular weight is 127 g/mol. The van der Waals surface area contributed by atoms with Crippen molar-refractivity contribution in [2.45, 2.75) is 18.4 Å². The molecule has 1 atom stereocenters. The highest BCUT2D eigenvalue weighted by Crippen LogP contribution is 2.34. The highest BCUT2D eigenvalue weighted by molar-refractivity contribution is 5.88. The van der Waals surface area contributed by atoms with Gasteiger partial charge in [-0.3, -0.25) is 4.79 Å². The molecular formula is C6H9NO2. The Labute approximate surface area is 53.4 Å². The second-order valence-electron chi connectivity index (χ2n) is 2.64. The molecule has 1 unspecified atom stereocenters. The van der Waals surface area contributed by atoms with E-state index in [4.69, 9.17) is 4.74 Å². The quantitative estimate of drug-likeness (QED) is 0.452. The van der Waals surface area contributed by atoms with Crippen LogP contribution in [0.2, 0.25) is 0 Å². The minimum atomic E-state index is -0.363. The molecule has 1 spiro atoms. The van der Waals surface area contributed by atoms with Crippen LogP contribution in [0.4, 0.5) is 0 Å². The lowest BCUT2D eigenvalue weighted by atomic mass is 10.0. The van der Waals surface area contributed by atoms with E-state index in [1.165, 1.54) is 0 Å². The van der Waals surface area contributed by atoms with Crippen molar-refractivity contribution in [3.05, 3.63) is 0 Å². The largest absolute Gasteiger partial charge is 0.359 e. The summed E-state index contributed by atoms with van der Waals surface area (Å²) in [7, 11) is 0. The van der Waals surface area contributed by atoms with E-state index in [9.17, 15) is 4.79 Å². The van der Waals surface area contributed by atoms with Crippen molar-refractivity contribution < 1.29 is 9.53 Å². The van der Waals surface area contributed by atoms with Crippen molar-refractivity contribution in [1.29, 1.82) is 0 Å². The second-order valence-corrected chi connectivity index (χ2v) is 2.64. The summed E-state index contributed by atoms with van der Waals surface area (Å²) in [5, 5.41) is 2.77. The van der Waals surface area contributed by atoms with E-state index in [2.05, 4.69) is 5.32 Å². The zero-order valence-electron chi connectivity index (χ0n) is 5.14. The van der Waals surface area contributed by atoms with E-state index < -0.39 is 0 Å². The van der Waals surface area contributed by atoms with Crippen molar-refractivity contribution in [3.8, 4) is 0 Å². The average Bonchev–Trinajstić information content (AvgIpc) is 2.60. The van der Waals surface area contributed by atoms with Crippen LogP contribution in [0, 0.1) is 0 Å². The van der Waals surface area contributed by atoms with Gasteiger partial charge in [0.2, 0.25) is 0 Å². The van der Waals surface area contributed by atoms with Gasteiger partial charge in [-0.1, -0.05) is 0 Å². The Morgan fingerprint density at radius 1 is 1.67 bits per heavy atom. The number of piperidine rings is 1. The van der Waals surface area contributed by atoms with Gasteiger partial charge in [-0.05, 0) is 12.8 Å². The molecule has 1 N–H and O–H groups in total. The third kappa shape index (κ3) is 0.645. The summed E-state index contributed by atoms with van der Waals surface area (Å²) in [6, 6.07) is 0. The zero-order chi connectivity index (χ0) is 6.32. The van der Waals surface area contributed by atoms with Crippen LogP contribution < -0.4 is 5.32 Å². The zero-order valence-corrected chi connectivity index (χ0v) is 5.14. The minimum absolute atomic E-state index is 0.0914. The number of nitrogens with one attached hydrogen (secondary N) is 1. The van der Waals surface area contributed by atoms with Crippen LogP contribution >= 0.6 is 0 Å². The van der Waals surface area contributed by atoms with Gasteiger partial charge in [-0.15, -0.1) is 0 Å². The third-order valence-corrected chi connectivity index (χ3v) is 1.95. The predicted octanol–water partition coefficient (Wildman–Crippen LogP) is -0.335. The summed E-state index contributed by atoms with van der Waals surface area (Å²) < 4.78 is 5.04. The number of hydrogen-bond acceptors (Lipinski definition) is 2. The van der Waals surface area contributed by atoms with Crippen molar-refractivity contribution >= 4 is 5.91 Å². The van der Waals surface area contributed by atoms with E-state index >= 15 is 0 Å². The summed E-state index contributed by atoms with van der Waals surface area (Å²) in [6.07, 6.45) is 1.98. The van der Waals surface area contributed by atoms with Crippen LogP contribution in [0.15, 0.2) is 0 Å². The summed E-state index contributed by atoms with van der Waals surface area (Å²) in [5.74, 6) is 0.0914. The highest BCUT2D eigenvalue weighted by atomic mass is 16.6. The Bertz CT molecular complexity index is 151. The fourth-order valence-electron chi connectivity index (χ4n) is 1.21. The van der Waals surface area contributed by atoms with Crippen molar-refractivity contribution in [3.63, 3.8) is 0 Å². The Morgan fingerprint density at radius 3 is 2.89 bits per heavy atom. The Balaban J connectivity index is 2.12. The van der Waals surface area contributed by atoms with Gasteiger partial charge >= 0.3 is 0 Å². The molecule has 0 bridgehead atoms. The topological polar surface area (TPSA) is 41.6 Å². The molecule has 3 nitrogen and oxygen atoms in total. The standard InChI is InChI=1S/C6H9NO2/c8-5-6(4-9-6)2-1-3-7-5/h1-4H2,(H,7,8). The summed E-state index contributed by atoms with van der Waals surface area (Å²) >= 11 is 0. The molecule has 0 radical (unpaired) electrons. The first-order valence-corrected chi connectivity index (χ1v) is 3.26. The first-order chi connectivity index (χ1) is 4.33. The van der Waals surface area contributed by atoms with Gasteiger partial charge in [0.05, 0.1) is 6.61 Å². The molecule has 0 aliphatic carbocycles. The SMILES string of the molecule is O=C1NCCCC12CO2. The molecule has 2 saturated heterocycles. The fraction of sp³-hybridized carbons (Fsp3) is 0.833. The van der Waals surface area contributed by atoms with Crippen molar-refractivity contribution in [2.75, 3.05) is 13.2 Å². The normalized spacial score (nSPS) is 40.7. The highest BCUT2D eigenvalue weighted by Gasteiger charge is 2.52. The fourth-order valence-corrected chi connectivity index (χ4v) is 1.21. The molecule has 0 aromatic heterocycles. The van der Waals surface area contributed by atoms with Gasteiger partial charge in [0.1, 0.15) is 0 Å². The smallest absolute Gasteiger partial charge is 0.254 e. The molecule has 9 heavy (non-hydrogen) atoms. The molecule has 2 aliphatic heterocycles. The predicted molar refractivity (Wildman–Crippen MR) is 30.9 cm³/mol.